The number of piperazine rings is 1. The maximum absolute atomic E-state index is 12.8. The Morgan fingerprint density at radius 1 is 0.521 bits per heavy atom. The number of aryl methyl sites for hydroxylation is 1. The molecule has 71 heavy (non-hydrogen) atoms. The summed E-state index contributed by atoms with van der Waals surface area (Å²) in [4.78, 5) is 46.2. The Morgan fingerprint density at radius 2 is 0.972 bits per heavy atom. The Morgan fingerprint density at radius 3 is 1.46 bits per heavy atom. The second-order valence-electron chi connectivity index (χ2n) is 20.3. The van der Waals surface area contributed by atoms with Crippen LogP contribution in [-0.2, 0) is 19.4 Å². The van der Waals surface area contributed by atoms with Gasteiger partial charge in [0.2, 0.25) is 0 Å². The lowest BCUT2D eigenvalue weighted by molar-refractivity contribution is 0.0627. The van der Waals surface area contributed by atoms with Crippen LogP contribution in [0.4, 0.5) is 0 Å². The minimum Gasteiger partial charge on any atom is -0.342 e. The van der Waals surface area contributed by atoms with Crippen LogP contribution in [0.15, 0.2) is 158 Å². The van der Waals surface area contributed by atoms with Crippen molar-refractivity contribution in [1.29, 1.82) is 0 Å². The van der Waals surface area contributed by atoms with E-state index in [4.69, 9.17) is 11.6 Å². The normalized spacial score (nSPS) is 14.1. The minimum absolute atomic E-state index is 0.107. The van der Waals surface area contributed by atoms with Gasteiger partial charge in [0.15, 0.2) is 0 Å². The monoisotopic (exact) mass is 973 g/mol. The number of halogens is 1. The van der Waals surface area contributed by atoms with E-state index in [2.05, 4.69) is 137 Å². The largest absolute Gasteiger partial charge is 0.342 e. The highest BCUT2D eigenvalue weighted by atomic mass is 35.5. The first-order valence-electron chi connectivity index (χ1n) is 25.9. The van der Waals surface area contributed by atoms with E-state index in [0.717, 1.165) is 106 Å². The summed E-state index contributed by atoms with van der Waals surface area (Å²) in [6.45, 7) is 19.7. The van der Waals surface area contributed by atoms with E-state index < -0.39 is 0 Å². The molecule has 2 heterocycles. The summed E-state index contributed by atoms with van der Waals surface area (Å²) in [5.74, 6) is 2.47. The summed E-state index contributed by atoms with van der Waals surface area (Å²) in [6.07, 6.45) is 5.32. The Balaban J connectivity index is 0.000000175. The topological polar surface area (TPSA) is 64.2 Å². The number of piperidine rings is 1. The first-order valence-corrected chi connectivity index (χ1v) is 26.3. The fourth-order valence-corrected chi connectivity index (χ4v) is 9.32. The molecule has 0 atom stereocenters. The van der Waals surface area contributed by atoms with Gasteiger partial charge >= 0.3 is 0 Å². The molecule has 0 aromatic heterocycles. The maximum atomic E-state index is 12.8. The average Bonchev–Trinajstić information content (AvgIpc) is 3.40. The van der Waals surface area contributed by atoms with Crippen molar-refractivity contribution in [3.8, 4) is 0 Å². The van der Waals surface area contributed by atoms with Crippen molar-refractivity contribution in [2.75, 3.05) is 52.9 Å². The molecule has 8 rings (SSSR count). The van der Waals surface area contributed by atoms with Crippen molar-refractivity contribution >= 4 is 29.3 Å². The van der Waals surface area contributed by atoms with Gasteiger partial charge in [-0.25, -0.2) is 0 Å². The zero-order valence-corrected chi connectivity index (χ0v) is 44.2. The standard InChI is InChI=1S/C22H27NO.C21H25ClN2O.C20H25NO/c1-17(2)20-9-6-10-21(16-20)22(24)23-13-11-19(12-14-23)15-18-7-4-3-5-8-18;1-16(2)18-4-3-5-19(14-18)21(25)24-12-10-23(11-13-24)15-17-6-8-20(22)9-7-17;1-16(2)18-12-7-13-19(15-18)20(22)21(3)14-8-11-17-9-5-4-6-10-17/h3-10,16-17,19H,11-15H2,1-2H3;3-9,14,16H,10-13,15H2,1-2H3;4-7,9-10,12-13,15-16H,8,11,14H2,1-3H3. The van der Waals surface area contributed by atoms with Crippen molar-refractivity contribution in [2.45, 2.75) is 97.9 Å². The SMILES string of the molecule is CC(C)c1cccc(C(=O)N(C)CCCc2ccccc2)c1.CC(C)c1cccc(C(=O)N2CCC(Cc3ccccc3)CC2)c1.CC(C)c1cccc(C(=O)N2CCN(Cc3ccc(Cl)cc3)CC2)c1. The summed E-state index contributed by atoms with van der Waals surface area (Å²) in [5, 5.41) is 0.766. The zero-order valence-electron chi connectivity index (χ0n) is 43.4. The lowest BCUT2D eigenvalue weighted by Gasteiger charge is -2.35. The number of carbonyl (C=O) groups is 3. The number of benzene rings is 6. The Labute approximate surface area is 430 Å². The van der Waals surface area contributed by atoms with Crippen molar-refractivity contribution in [1.82, 2.24) is 19.6 Å². The van der Waals surface area contributed by atoms with Crippen LogP contribution in [0.5, 0.6) is 0 Å². The van der Waals surface area contributed by atoms with Gasteiger partial charge in [0.25, 0.3) is 17.7 Å². The molecule has 374 valence electrons. The molecule has 0 bridgehead atoms. The summed E-state index contributed by atoms with van der Waals surface area (Å²) in [7, 11) is 1.88. The maximum Gasteiger partial charge on any atom is 0.253 e. The van der Waals surface area contributed by atoms with Crippen LogP contribution in [0.25, 0.3) is 0 Å². The summed E-state index contributed by atoms with van der Waals surface area (Å²) >= 11 is 5.94. The summed E-state index contributed by atoms with van der Waals surface area (Å²) in [6, 6.07) is 53.2. The molecule has 2 saturated heterocycles. The second kappa shape index (κ2) is 27.5. The van der Waals surface area contributed by atoms with Gasteiger partial charge in [0.05, 0.1) is 0 Å². The molecule has 0 unspecified atom stereocenters. The Kier molecular flexibility index (Phi) is 21.1. The van der Waals surface area contributed by atoms with Crippen molar-refractivity contribution in [3.63, 3.8) is 0 Å². The van der Waals surface area contributed by atoms with Gasteiger partial charge in [-0.2, -0.15) is 0 Å². The van der Waals surface area contributed by atoms with Gasteiger partial charge in [0, 0.05) is 81.1 Å². The van der Waals surface area contributed by atoms with Crippen LogP contribution < -0.4 is 0 Å². The molecule has 2 aliphatic heterocycles. The van der Waals surface area contributed by atoms with Gasteiger partial charge in [-0.15, -0.1) is 0 Å². The highest BCUT2D eigenvalue weighted by Crippen LogP contribution is 2.25. The quantitative estimate of drug-likeness (QED) is 0.109. The number of rotatable bonds is 14. The molecule has 0 saturated carbocycles. The van der Waals surface area contributed by atoms with E-state index in [-0.39, 0.29) is 17.7 Å². The smallest absolute Gasteiger partial charge is 0.253 e. The third kappa shape index (κ3) is 17.1. The fourth-order valence-electron chi connectivity index (χ4n) is 9.19. The van der Waals surface area contributed by atoms with Gasteiger partial charge in [-0.3, -0.25) is 19.3 Å². The van der Waals surface area contributed by atoms with E-state index >= 15 is 0 Å². The van der Waals surface area contributed by atoms with Crippen molar-refractivity contribution in [2.24, 2.45) is 5.92 Å². The Bertz CT molecular complexity index is 2560. The average molecular weight is 974 g/mol. The summed E-state index contributed by atoms with van der Waals surface area (Å²) in [5.41, 5.74) is 10.1. The van der Waals surface area contributed by atoms with E-state index in [9.17, 15) is 14.4 Å². The predicted octanol–water partition coefficient (Wildman–Crippen LogP) is 13.8. The van der Waals surface area contributed by atoms with Crippen LogP contribution in [0.2, 0.25) is 5.02 Å². The predicted molar refractivity (Wildman–Crippen MR) is 295 cm³/mol. The van der Waals surface area contributed by atoms with Gasteiger partial charge in [-0.05, 0) is 138 Å². The molecule has 3 amide bonds. The molecule has 2 aliphatic rings. The molecule has 0 radical (unpaired) electrons. The minimum atomic E-state index is 0.107. The molecule has 0 N–H and O–H groups in total. The van der Waals surface area contributed by atoms with E-state index in [0.29, 0.717) is 23.7 Å². The third-order valence-corrected chi connectivity index (χ3v) is 14.0. The molecule has 7 nitrogen and oxygen atoms in total. The van der Waals surface area contributed by atoms with Crippen LogP contribution in [0.3, 0.4) is 0 Å². The second-order valence-corrected chi connectivity index (χ2v) is 20.7. The van der Waals surface area contributed by atoms with E-state index in [1.807, 2.05) is 88.5 Å². The molecular weight excluding hydrogens is 896 g/mol. The number of hydrogen-bond acceptors (Lipinski definition) is 4. The molecule has 2 fully saturated rings. The first-order chi connectivity index (χ1) is 34.2. The van der Waals surface area contributed by atoms with E-state index in [1.54, 1.807) is 0 Å². The number of amides is 3. The molecule has 8 heteroatoms. The van der Waals surface area contributed by atoms with Crippen LogP contribution in [0.1, 0.15) is 143 Å². The molecular formula is C63H77ClN4O3. The molecule has 6 aromatic carbocycles. The molecule has 0 spiro atoms. The van der Waals surface area contributed by atoms with Crippen LogP contribution >= 0.6 is 11.6 Å². The first kappa shape index (κ1) is 54.3. The highest BCUT2D eigenvalue weighted by molar-refractivity contribution is 6.30. The zero-order chi connectivity index (χ0) is 50.7. The molecule has 0 aliphatic carbocycles. The number of likely N-dealkylation sites (tertiary alicyclic amines) is 1. The lowest BCUT2D eigenvalue weighted by Crippen LogP contribution is -2.48. The number of hydrogen-bond donors (Lipinski definition) is 0. The lowest BCUT2D eigenvalue weighted by atomic mass is 9.90. The van der Waals surface area contributed by atoms with Gasteiger partial charge in [-0.1, -0.05) is 162 Å². The highest BCUT2D eigenvalue weighted by Gasteiger charge is 2.25. The van der Waals surface area contributed by atoms with Crippen molar-refractivity contribution < 1.29 is 14.4 Å². The Hall–Kier alpha value is -6.02. The molecule has 6 aromatic rings. The fraction of sp³-hybridized carbons (Fsp3) is 0.381. The third-order valence-electron chi connectivity index (χ3n) is 13.8. The van der Waals surface area contributed by atoms with E-state index in [1.165, 1.54) is 33.4 Å². The van der Waals surface area contributed by atoms with Gasteiger partial charge < -0.3 is 14.7 Å². The van der Waals surface area contributed by atoms with Crippen LogP contribution in [0, 0.1) is 5.92 Å². The summed E-state index contributed by atoms with van der Waals surface area (Å²) < 4.78 is 0. The number of carbonyl (C=O) groups excluding carboxylic acids is 3. The van der Waals surface area contributed by atoms with Crippen LogP contribution in [-0.4, -0.2) is 90.2 Å². The number of nitrogens with zero attached hydrogens (tertiary/aromatic N) is 4. The van der Waals surface area contributed by atoms with Crippen molar-refractivity contribution in [3.05, 3.63) is 213 Å². The van der Waals surface area contributed by atoms with Gasteiger partial charge in [0.1, 0.15) is 0 Å².